The number of hydrogen-bond donors (Lipinski definition) is 2. The Morgan fingerprint density at radius 1 is 0.871 bits per heavy atom. The molecule has 162 valence electrons. The van der Waals surface area contributed by atoms with Gasteiger partial charge in [0.15, 0.2) is 11.5 Å². The zero-order chi connectivity index (χ0) is 21.8. The molecule has 1 saturated heterocycles. The van der Waals surface area contributed by atoms with Gasteiger partial charge in [0, 0.05) is 30.1 Å². The summed E-state index contributed by atoms with van der Waals surface area (Å²) in [5, 5.41) is 0. The number of fused-ring (bicyclic) bond motifs is 1. The standard InChI is InChI=1S/C22H22FN3O5/c23-17-4-1-15(2-5-17)22(29)26-9-7-14(8-10-26)20(27)24-25-21(28)16-3-6-18-19(13-16)31-12-11-30-18/h1-6,13-14H,7-12H2,(H,24,27)(H,25,28). The van der Waals surface area contributed by atoms with Crippen molar-refractivity contribution < 1.29 is 28.2 Å². The van der Waals surface area contributed by atoms with Crippen molar-refractivity contribution >= 4 is 17.7 Å². The summed E-state index contributed by atoms with van der Waals surface area (Å²) in [6.07, 6.45) is 0.942. The van der Waals surface area contributed by atoms with E-state index in [1.807, 2.05) is 0 Å². The number of halogens is 1. The van der Waals surface area contributed by atoms with Crippen LogP contribution in [-0.4, -0.2) is 48.9 Å². The smallest absolute Gasteiger partial charge is 0.269 e. The van der Waals surface area contributed by atoms with Crippen LogP contribution in [0.2, 0.25) is 0 Å². The molecule has 0 aliphatic carbocycles. The highest BCUT2D eigenvalue weighted by Crippen LogP contribution is 2.30. The van der Waals surface area contributed by atoms with Crippen molar-refractivity contribution in [3.8, 4) is 11.5 Å². The molecule has 3 amide bonds. The molecule has 31 heavy (non-hydrogen) atoms. The molecule has 0 radical (unpaired) electrons. The Morgan fingerprint density at radius 2 is 1.52 bits per heavy atom. The molecule has 4 rings (SSSR count). The molecule has 8 nitrogen and oxygen atoms in total. The molecule has 2 aromatic rings. The number of piperidine rings is 1. The number of likely N-dealkylation sites (tertiary alicyclic amines) is 1. The summed E-state index contributed by atoms with van der Waals surface area (Å²) in [4.78, 5) is 38.9. The third kappa shape index (κ3) is 4.76. The maximum Gasteiger partial charge on any atom is 0.269 e. The second kappa shape index (κ2) is 9.03. The molecular formula is C22H22FN3O5. The zero-order valence-electron chi connectivity index (χ0n) is 16.7. The first-order valence-electron chi connectivity index (χ1n) is 10.1. The normalized spacial score (nSPS) is 15.8. The maximum absolute atomic E-state index is 13.0. The lowest BCUT2D eigenvalue weighted by Gasteiger charge is -2.31. The van der Waals surface area contributed by atoms with Crippen LogP contribution in [-0.2, 0) is 4.79 Å². The van der Waals surface area contributed by atoms with Gasteiger partial charge in [-0.2, -0.15) is 0 Å². The van der Waals surface area contributed by atoms with Crippen LogP contribution in [0.15, 0.2) is 42.5 Å². The molecular weight excluding hydrogens is 405 g/mol. The third-order valence-electron chi connectivity index (χ3n) is 5.35. The first-order chi connectivity index (χ1) is 15.0. The second-order valence-electron chi connectivity index (χ2n) is 7.38. The number of rotatable bonds is 3. The van der Waals surface area contributed by atoms with Crippen molar-refractivity contribution in [2.24, 2.45) is 5.92 Å². The molecule has 2 heterocycles. The van der Waals surface area contributed by atoms with E-state index >= 15 is 0 Å². The SMILES string of the molecule is O=C(NNC(=O)C1CCN(C(=O)c2ccc(F)cc2)CC1)c1ccc2c(c1)OCCO2. The first-order valence-corrected chi connectivity index (χ1v) is 10.1. The Balaban J connectivity index is 1.26. The van der Waals surface area contributed by atoms with Gasteiger partial charge in [0.1, 0.15) is 19.0 Å². The van der Waals surface area contributed by atoms with Crippen LogP contribution >= 0.6 is 0 Å². The van der Waals surface area contributed by atoms with E-state index in [4.69, 9.17) is 9.47 Å². The Hall–Kier alpha value is -3.62. The topological polar surface area (TPSA) is 97.0 Å². The maximum atomic E-state index is 13.0. The van der Waals surface area contributed by atoms with E-state index in [0.29, 0.717) is 61.8 Å². The lowest BCUT2D eigenvalue weighted by molar-refractivity contribution is -0.127. The molecule has 0 bridgehead atoms. The highest BCUT2D eigenvalue weighted by atomic mass is 19.1. The summed E-state index contributed by atoms with van der Waals surface area (Å²) in [6, 6.07) is 10.2. The highest BCUT2D eigenvalue weighted by Gasteiger charge is 2.28. The molecule has 2 aliphatic rings. The number of ether oxygens (including phenoxy) is 2. The van der Waals surface area contributed by atoms with Crippen LogP contribution in [0.1, 0.15) is 33.6 Å². The third-order valence-corrected chi connectivity index (χ3v) is 5.35. The molecule has 1 fully saturated rings. The summed E-state index contributed by atoms with van der Waals surface area (Å²) >= 11 is 0. The minimum atomic E-state index is -0.464. The van der Waals surface area contributed by atoms with Crippen LogP contribution in [0.5, 0.6) is 11.5 Å². The van der Waals surface area contributed by atoms with Gasteiger partial charge in [-0.15, -0.1) is 0 Å². The van der Waals surface area contributed by atoms with Gasteiger partial charge in [-0.25, -0.2) is 4.39 Å². The summed E-state index contributed by atoms with van der Waals surface area (Å²) < 4.78 is 23.9. The van der Waals surface area contributed by atoms with Gasteiger partial charge in [-0.1, -0.05) is 0 Å². The van der Waals surface area contributed by atoms with E-state index in [9.17, 15) is 18.8 Å². The number of benzene rings is 2. The largest absolute Gasteiger partial charge is 0.486 e. The second-order valence-corrected chi connectivity index (χ2v) is 7.38. The predicted octanol–water partition coefficient (Wildman–Crippen LogP) is 1.91. The molecule has 2 aromatic carbocycles. The average molecular weight is 427 g/mol. The fourth-order valence-corrected chi connectivity index (χ4v) is 3.60. The minimum absolute atomic E-state index is 0.189. The van der Waals surface area contributed by atoms with Crippen molar-refractivity contribution in [2.45, 2.75) is 12.8 Å². The van der Waals surface area contributed by atoms with Crippen molar-refractivity contribution in [3.63, 3.8) is 0 Å². The molecule has 0 atom stereocenters. The van der Waals surface area contributed by atoms with Gasteiger partial charge in [0.05, 0.1) is 0 Å². The van der Waals surface area contributed by atoms with Crippen LogP contribution in [0.4, 0.5) is 4.39 Å². The first kappa shape index (κ1) is 20.6. The molecule has 0 unspecified atom stereocenters. The summed E-state index contributed by atoms with van der Waals surface area (Å²) in [6.45, 7) is 1.69. The van der Waals surface area contributed by atoms with Crippen molar-refractivity contribution in [3.05, 3.63) is 59.4 Å². The summed E-state index contributed by atoms with van der Waals surface area (Å²) in [5.74, 6) is -0.611. The van der Waals surface area contributed by atoms with Crippen LogP contribution in [0.3, 0.4) is 0 Å². The molecule has 0 aromatic heterocycles. The molecule has 9 heteroatoms. The van der Waals surface area contributed by atoms with E-state index in [1.54, 1.807) is 23.1 Å². The lowest BCUT2D eigenvalue weighted by atomic mass is 9.95. The van der Waals surface area contributed by atoms with Gasteiger partial charge in [0.25, 0.3) is 11.8 Å². The van der Waals surface area contributed by atoms with E-state index in [0.717, 1.165) is 0 Å². The van der Waals surface area contributed by atoms with Crippen molar-refractivity contribution in [1.29, 1.82) is 0 Å². The average Bonchev–Trinajstić information content (AvgIpc) is 2.82. The summed E-state index contributed by atoms with van der Waals surface area (Å²) in [5.41, 5.74) is 5.62. The van der Waals surface area contributed by atoms with Gasteiger partial charge >= 0.3 is 0 Å². The van der Waals surface area contributed by atoms with Gasteiger partial charge in [-0.3, -0.25) is 25.2 Å². The van der Waals surface area contributed by atoms with Crippen LogP contribution in [0, 0.1) is 11.7 Å². The number of nitrogens with one attached hydrogen (secondary N) is 2. The monoisotopic (exact) mass is 427 g/mol. The molecule has 2 N–H and O–H groups in total. The Kier molecular flexibility index (Phi) is 6.01. The summed E-state index contributed by atoms with van der Waals surface area (Å²) in [7, 11) is 0. The molecule has 2 aliphatic heterocycles. The predicted molar refractivity (Wildman–Crippen MR) is 108 cm³/mol. The number of carbonyl (C=O) groups excluding carboxylic acids is 3. The number of amides is 3. The number of carbonyl (C=O) groups is 3. The quantitative estimate of drug-likeness (QED) is 0.730. The zero-order valence-corrected chi connectivity index (χ0v) is 16.7. The lowest BCUT2D eigenvalue weighted by Crippen LogP contribution is -2.48. The van der Waals surface area contributed by atoms with Gasteiger partial charge in [-0.05, 0) is 55.3 Å². The Morgan fingerprint density at radius 3 is 2.23 bits per heavy atom. The van der Waals surface area contributed by atoms with Gasteiger partial charge < -0.3 is 14.4 Å². The minimum Gasteiger partial charge on any atom is -0.486 e. The molecule has 0 saturated carbocycles. The fraction of sp³-hybridized carbons (Fsp3) is 0.318. The van der Waals surface area contributed by atoms with Crippen molar-refractivity contribution in [2.75, 3.05) is 26.3 Å². The van der Waals surface area contributed by atoms with Crippen molar-refractivity contribution in [1.82, 2.24) is 15.8 Å². The number of hydrazine groups is 1. The van der Waals surface area contributed by atoms with E-state index < -0.39 is 11.7 Å². The Labute approximate surface area is 178 Å². The van der Waals surface area contributed by atoms with E-state index in [-0.39, 0.29) is 17.7 Å². The van der Waals surface area contributed by atoms with E-state index in [1.165, 1.54) is 24.3 Å². The number of nitrogens with zero attached hydrogens (tertiary/aromatic N) is 1. The number of hydrogen-bond acceptors (Lipinski definition) is 5. The van der Waals surface area contributed by atoms with Crippen LogP contribution < -0.4 is 20.3 Å². The van der Waals surface area contributed by atoms with Crippen LogP contribution in [0.25, 0.3) is 0 Å². The Bertz CT molecular complexity index is 987. The van der Waals surface area contributed by atoms with Gasteiger partial charge in [0.2, 0.25) is 5.91 Å². The fourth-order valence-electron chi connectivity index (χ4n) is 3.60. The molecule has 0 spiro atoms. The van der Waals surface area contributed by atoms with E-state index in [2.05, 4.69) is 10.9 Å². The highest BCUT2D eigenvalue weighted by molar-refractivity contribution is 5.96.